The Balaban J connectivity index is 4.57. The summed E-state index contributed by atoms with van der Waals surface area (Å²) in [6.45, 7) is 11.7. The van der Waals surface area contributed by atoms with E-state index in [-0.39, 0.29) is 12.1 Å². The van der Waals surface area contributed by atoms with E-state index in [4.69, 9.17) is 4.74 Å². The number of hydrogen-bond acceptors (Lipinski definition) is 2. The molecule has 0 aromatic heterocycles. The van der Waals surface area contributed by atoms with Crippen LogP contribution < -0.4 is 0 Å². The summed E-state index contributed by atoms with van der Waals surface area (Å²) in [5, 5.41) is 0. The Morgan fingerprint density at radius 3 is 2.07 bits per heavy atom. The summed E-state index contributed by atoms with van der Waals surface area (Å²) >= 11 is 0. The van der Waals surface area contributed by atoms with Crippen LogP contribution in [0.4, 0.5) is 0 Å². The van der Waals surface area contributed by atoms with Gasteiger partial charge in [0.05, 0.1) is 0 Å². The first-order valence-corrected chi connectivity index (χ1v) is 5.37. The van der Waals surface area contributed by atoms with Crippen molar-refractivity contribution in [2.45, 2.75) is 47.6 Å². The van der Waals surface area contributed by atoms with Gasteiger partial charge in [0.15, 0.2) is 0 Å². The predicted octanol–water partition coefficient (Wildman–Crippen LogP) is 3.49. The van der Waals surface area contributed by atoms with E-state index >= 15 is 0 Å². The smallest absolute Gasteiger partial charge is 0.333 e. The molecule has 15 heavy (non-hydrogen) atoms. The first-order chi connectivity index (χ1) is 6.88. The molecular formula is C13H22O2. The molecule has 1 unspecified atom stereocenters. The maximum Gasteiger partial charge on any atom is 0.333 e. The Morgan fingerprint density at radius 2 is 1.73 bits per heavy atom. The second kappa shape index (κ2) is 6.44. The zero-order chi connectivity index (χ0) is 12.0. The average molecular weight is 210 g/mol. The Morgan fingerprint density at radius 1 is 1.20 bits per heavy atom. The highest BCUT2D eigenvalue weighted by atomic mass is 16.5. The van der Waals surface area contributed by atoms with Crippen molar-refractivity contribution >= 4 is 5.97 Å². The summed E-state index contributed by atoms with van der Waals surface area (Å²) < 4.78 is 5.39. The standard InChI is InChI=1S/C13H22O2/c1-7-11(6)13(14)15-12(10(4)5)8-9(2)3/h7-8,10,12H,1-6H3. The number of ether oxygens (including phenoxy) is 1. The number of hydrogen-bond donors (Lipinski definition) is 0. The van der Waals surface area contributed by atoms with Gasteiger partial charge in [-0.05, 0) is 39.7 Å². The third kappa shape index (κ3) is 5.40. The molecule has 0 N–H and O–H groups in total. The first kappa shape index (κ1) is 13.9. The number of rotatable bonds is 4. The van der Waals surface area contributed by atoms with Crippen molar-refractivity contribution in [2.24, 2.45) is 5.92 Å². The molecular weight excluding hydrogens is 188 g/mol. The fraction of sp³-hybridized carbons (Fsp3) is 0.615. The Labute approximate surface area is 93.0 Å². The lowest BCUT2D eigenvalue weighted by Gasteiger charge is -2.18. The lowest BCUT2D eigenvalue weighted by Crippen LogP contribution is -2.22. The molecule has 0 fully saturated rings. The lowest BCUT2D eigenvalue weighted by molar-refractivity contribution is -0.143. The van der Waals surface area contributed by atoms with Gasteiger partial charge in [-0.1, -0.05) is 25.5 Å². The van der Waals surface area contributed by atoms with Crippen LogP contribution in [0, 0.1) is 5.92 Å². The molecule has 0 saturated heterocycles. The minimum atomic E-state index is -0.228. The van der Waals surface area contributed by atoms with Crippen molar-refractivity contribution in [1.29, 1.82) is 0 Å². The SMILES string of the molecule is CC=C(C)C(=O)OC(C=C(C)C)C(C)C. The molecule has 0 amide bonds. The molecule has 2 heteroatoms. The first-order valence-electron chi connectivity index (χ1n) is 5.37. The second-order valence-electron chi connectivity index (χ2n) is 4.33. The molecule has 0 radical (unpaired) electrons. The minimum absolute atomic E-state index is 0.127. The van der Waals surface area contributed by atoms with Crippen LogP contribution in [0.25, 0.3) is 0 Å². The van der Waals surface area contributed by atoms with Crippen molar-refractivity contribution in [1.82, 2.24) is 0 Å². The zero-order valence-electron chi connectivity index (χ0n) is 10.6. The fourth-order valence-corrected chi connectivity index (χ4v) is 1.03. The predicted molar refractivity (Wildman–Crippen MR) is 63.6 cm³/mol. The summed E-state index contributed by atoms with van der Waals surface area (Å²) in [5.74, 6) is 0.0715. The molecule has 0 saturated carbocycles. The van der Waals surface area contributed by atoms with Gasteiger partial charge in [-0.3, -0.25) is 0 Å². The highest BCUT2D eigenvalue weighted by Crippen LogP contribution is 2.12. The molecule has 86 valence electrons. The molecule has 0 aliphatic carbocycles. The molecule has 2 nitrogen and oxygen atoms in total. The third-order valence-electron chi connectivity index (χ3n) is 2.15. The quantitative estimate of drug-likeness (QED) is 0.403. The van der Waals surface area contributed by atoms with E-state index in [2.05, 4.69) is 0 Å². The summed E-state index contributed by atoms with van der Waals surface area (Å²) in [5.41, 5.74) is 1.82. The van der Waals surface area contributed by atoms with Crippen molar-refractivity contribution in [2.75, 3.05) is 0 Å². The molecule has 0 bridgehead atoms. The van der Waals surface area contributed by atoms with Gasteiger partial charge >= 0.3 is 5.97 Å². The van der Waals surface area contributed by atoms with Crippen LogP contribution >= 0.6 is 0 Å². The number of allylic oxidation sites excluding steroid dienone is 2. The molecule has 0 heterocycles. The van der Waals surface area contributed by atoms with Gasteiger partial charge in [0, 0.05) is 5.57 Å². The molecule has 0 rings (SSSR count). The van der Waals surface area contributed by atoms with Gasteiger partial charge in [0.25, 0.3) is 0 Å². The Bertz CT molecular complexity index is 268. The molecule has 0 aliphatic rings. The van der Waals surface area contributed by atoms with Crippen LogP contribution in [-0.4, -0.2) is 12.1 Å². The van der Waals surface area contributed by atoms with Crippen LogP contribution in [0.5, 0.6) is 0 Å². The lowest BCUT2D eigenvalue weighted by atomic mass is 10.0. The minimum Gasteiger partial charge on any atom is -0.455 e. The van der Waals surface area contributed by atoms with Crippen LogP contribution in [0.2, 0.25) is 0 Å². The van der Waals surface area contributed by atoms with E-state index in [1.54, 1.807) is 13.0 Å². The topological polar surface area (TPSA) is 26.3 Å². The van der Waals surface area contributed by atoms with Crippen molar-refractivity contribution in [3.8, 4) is 0 Å². The summed E-state index contributed by atoms with van der Waals surface area (Å²) in [6, 6.07) is 0. The summed E-state index contributed by atoms with van der Waals surface area (Å²) in [4.78, 5) is 11.6. The number of esters is 1. The van der Waals surface area contributed by atoms with Crippen molar-refractivity contribution in [3.05, 3.63) is 23.3 Å². The average Bonchev–Trinajstić information content (AvgIpc) is 2.14. The molecule has 0 spiro atoms. The monoisotopic (exact) mass is 210 g/mol. The van der Waals surface area contributed by atoms with Crippen LogP contribution in [0.1, 0.15) is 41.5 Å². The number of carbonyl (C=O) groups excluding carboxylic acids is 1. The second-order valence-corrected chi connectivity index (χ2v) is 4.33. The van der Waals surface area contributed by atoms with Crippen molar-refractivity contribution in [3.63, 3.8) is 0 Å². The van der Waals surface area contributed by atoms with Gasteiger partial charge in [0.1, 0.15) is 6.10 Å². The Hall–Kier alpha value is -1.05. The van der Waals surface area contributed by atoms with Crippen molar-refractivity contribution < 1.29 is 9.53 Å². The highest BCUT2D eigenvalue weighted by molar-refractivity contribution is 5.87. The van der Waals surface area contributed by atoms with Gasteiger partial charge in [-0.15, -0.1) is 0 Å². The van der Waals surface area contributed by atoms with E-state index in [0.29, 0.717) is 11.5 Å². The fourth-order valence-electron chi connectivity index (χ4n) is 1.03. The maximum atomic E-state index is 11.6. The zero-order valence-corrected chi connectivity index (χ0v) is 10.6. The van der Waals surface area contributed by atoms with Crippen LogP contribution in [-0.2, 0) is 9.53 Å². The summed E-state index contributed by atoms with van der Waals surface area (Å²) in [7, 11) is 0. The van der Waals surface area contributed by atoms with E-state index < -0.39 is 0 Å². The third-order valence-corrected chi connectivity index (χ3v) is 2.15. The van der Waals surface area contributed by atoms with Gasteiger partial charge in [-0.2, -0.15) is 0 Å². The molecule has 1 atom stereocenters. The normalized spacial score (nSPS) is 13.7. The van der Waals surface area contributed by atoms with Gasteiger partial charge in [-0.25, -0.2) is 4.79 Å². The largest absolute Gasteiger partial charge is 0.455 e. The van der Waals surface area contributed by atoms with Gasteiger partial charge in [0.2, 0.25) is 0 Å². The van der Waals surface area contributed by atoms with E-state index in [1.807, 2.05) is 40.7 Å². The number of carbonyl (C=O) groups is 1. The Kier molecular flexibility index (Phi) is 5.99. The van der Waals surface area contributed by atoms with E-state index in [9.17, 15) is 4.79 Å². The van der Waals surface area contributed by atoms with E-state index in [1.165, 1.54) is 5.57 Å². The molecule has 0 aliphatic heterocycles. The van der Waals surface area contributed by atoms with E-state index in [0.717, 1.165) is 0 Å². The van der Waals surface area contributed by atoms with Crippen LogP contribution in [0.3, 0.4) is 0 Å². The molecule has 0 aromatic carbocycles. The summed E-state index contributed by atoms with van der Waals surface area (Å²) in [6.07, 6.45) is 3.63. The highest BCUT2D eigenvalue weighted by Gasteiger charge is 2.16. The maximum absolute atomic E-state index is 11.6. The van der Waals surface area contributed by atoms with Gasteiger partial charge < -0.3 is 4.74 Å². The molecule has 0 aromatic rings. The van der Waals surface area contributed by atoms with Crippen LogP contribution in [0.15, 0.2) is 23.3 Å².